The van der Waals surface area contributed by atoms with E-state index in [1.807, 2.05) is 105 Å². The number of Topliss-reactive ketones (excluding diaryl/α,β-unsaturated/α-hetero) is 1. The van der Waals surface area contributed by atoms with Gasteiger partial charge >= 0.3 is 0 Å². The van der Waals surface area contributed by atoms with Gasteiger partial charge < -0.3 is 4.90 Å². The highest BCUT2D eigenvalue weighted by molar-refractivity contribution is 6.06. The molecule has 0 fully saturated rings. The average molecular weight is 382 g/mol. The lowest BCUT2D eigenvalue weighted by Crippen LogP contribution is -2.42. The van der Waals surface area contributed by atoms with Gasteiger partial charge in [-0.15, -0.1) is 0 Å². The highest BCUT2D eigenvalue weighted by atomic mass is 16.1. The topological polar surface area (TPSA) is 20.3 Å². The van der Waals surface area contributed by atoms with Crippen LogP contribution in [0.4, 0.5) is 0 Å². The SMILES string of the molecule is C[C@@H](CC(C(=O)C#Cc1ccccc1)(c1ccccc1)c1ccccc1)N(C)C. The van der Waals surface area contributed by atoms with Gasteiger partial charge in [-0.1, -0.05) is 84.8 Å². The molecule has 3 aromatic rings. The molecule has 0 spiro atoms. The van der Waals surface area contributed by atoms with Crippen molar-refractivity contribution in [3.63, 3.8) is 0 Å². The van der Waals surface area contributed by atoms with E-state index < -0.39 is 5.41 Å². The zero-order valence-electron chi connectivity index (χ0n) is 17.3. The van der Waals surface area contributed by atoms with Crippen LogP contribution in [0.1, 0.15) is 30.0 Å². The number of rotatable bonds is 6. The smallest absolute Gasteiger partial charge is 0.220 e. The maximum Gasteiger partial charge on any atom is 0.220 e. The first-order chi connectivity index (χ1) is 14.0. The maximum absolute atomic E-state index is 13.8. The Labute approximate surface area is 174 Å². The van der Waals surface area contributed by atoms with Crippen LogP contribution in [0, 0.1) is 11.8 Å². The number of benzene rings is 3. The summed E-state index contributed by atoms with van der Waals surface area (Å²) in [6.45, 7) is 2.15. The van der Waals surface area contributed by atoms with Gasteiger partial charge in [-0.05, 0) is 56.6 Å². The third kappa shape index (κ3) is 4.65. The van der Waals surface area contributed by atoms with Crippen LogP contribution in [0.3, 0.4) is 0 Å². The summed E-state index contributed by atoms with van der Waals surface area (Å²) < 4.78 is 0. The van der Waals surface area contributed by atoms with Crippen LogP contribution in [0.2, 0.25) is 0 Å². The zero-order chi connectivity index (χ0) is 20.7. The second kappa shape index (κ2) is 9.37. The van der Waals surface area contributed by atoms with E-state index in [0.717, 1.165) is 16.7 Å². The third-order valence-electron chi connectivity index (χ3n) is 5.50. The van der Waals surface area contributed by atoms with Gasteiger partial charge in [-0.3, -0.25) is 4.79 Å². The molecule has 0 saturated carbocycles. The predicted molar refractivity (Wildman–Crippen MR) is 120 cm³/mol. The molecule has 0 aromatic heterocycles. The number of nitrogens with zero attached hydrogens (tertiary/aromatic N) is 1. The molecule has 0 aliphatic carbocycles. The quantitative estimate of drug-likeness (QED) is 0.564. The molecule has 0 aliphatic heterocycles. The molecule has 0 heterocycles. The van der Waals surface area contributed by atoms with Gasteiger partial charge in [0.05, 0.1) is 5.41 Å². The molecule has 3 rings (SSSR count). The molecule has 0 amide bonds. The highest BCUT2D eigenvalue weighted by Gasteiger charge is 2.42. The van der Waals surface area contributed by atoms with Crippen LogP contribution < -0.4 is 0 Å². The van der Waals surface area contributed by atoms with Crippen molar-refractivity contribution in [3.05, 3.63) is 108 Å². The summed E-state index contributed by atoms with van der Waals surface area (Å²) in [4.78, 5) is 16.0. The molecule has 2 heteroatoms. The largest absolute Gasteiger partial charge is 0.307 e. The minimum Gasteiger partial charge on any atom is -0.307 e. The Morgan fingerprint density at radius 3 is 1.72 bits per heavy atom. The van der Waals surface area contributed by atoms with Crippen molar-refractivity contribution >= 4 is 5.78 Å². The molecule has 0 N–H and O–H groups in total. The molecular formula is C27H27NO. The number of carbonyl (C=O) groups is 1. The third-order valence-corrected chi connectivity index (χ3v) is 5.50. The van der Waals surface area contributed by atoms with Crippen molar-refractivity contribution in [1.29, 1.82) is 0 Å². The number of hydrogen-bond acceptors (Lipinski definition) is 2. The summed E-state index contributed by atoms with van der Waals surface area (Å²) in [5.74, 6) is 5.98. The summed E-state index contributed by atoms with van der Waals surface area (Å²) in [5.41, 5.74) is 1.98. The number of ketones is 1. The van der Waals surface area contributed by atoms with Crippen molar-refractivity contribution < 1.29 is 4.79 Å². The van der Waals surface area contributed by atoms with Gasteiger partial charge in [-0.2, -0.15) is 0 Å². The van der Waals surface area contributed by atoms with Crippen LogP contribution in [0.25, 0.3) is 0 Å². The minimum absolute atomic E-state index is 0.0764. The lowest BCUT2D eigenvalue weighted by atomic mass is 9.67. The van der Waals surface area contributed by atoms with Crippen LogP contribution >= 0.6 is 0 Å². The second-order valence-electron chi connectivity index (χ2n) is 7.60. The van der Waals surface area contributed by atoms with E-state index in [2.05, 4.69) is 23.7 Å². The number of hydrogen-bond donors (Lipinski definition) is 0. The van der Waals surface area contributed by atoms with Crippen molar-refractivity contribution in [1.82, 2.24) is 4.90 Å². The monoisotopic (exact) mass is 381 g/mol. The first-order valence-corrected chi connectivity index (χ1v) is 9.93. The molecule has 29 heavy (non-hydrogen) atoms. The van der Waals surface area contributed by atoms with E-state index in [1.165, 1.54) is 0 Å². The zero-order valence-corrected chi connectivity index (χ0v) is 17.3. The summed E-state index contributed by atoms with van der Waals surface area (Å²) in [5, 5.41) is 0. The number of carbonyl (C=O) groups excluding carboxylic acids is 1. The first kappa shape index (κ1) is 20.6. The van der Waals surface area contributed by atoms with E-state index in [0.29, 0.717) is 6.42 Å². The van der Waals surface area contributed by atoms with Gasteiger partial charge in [-0.25, -0.2) is 0 Å². The molecule has 0 radical (unpaired) electrons. The van der Waals surface area contributed by atoms with Crippen LogP contribution in [0.5, 0.6) is 0 Å². The molecular weight excluding hydrogens is 354 g/mol. The fourth-order valence-corrected chi connectivity index (χ4v) is 3.59. The van der Waals surface area contributed by atoms with Gasteiger partial charge in [0.25, 0.3) is 0 Å². The van der Waals surface area contributed by atoms with E-state index in [-0.39, 0.29) is 11.8 Å². The van der Waals surface area contributed by atoms with Crippen molar-refractivity contribution in [2.24, 2.45) is 0 Å². The van der Waals surface area contributed by atoms with Crippen LogP contribution in [0.15, 0.2) is 91.0 Å². The Morgan fingerprint density at radius 2 is 1.28 bits per heavy atom. The average Bonchev–Trinajstić information content (AvgIpc) is 2.77. The normalized spacial score (nSPS) is 12.1. The van der Waals surface area contributed by atoms with Gasteiger partial charge in [0, 0.05) is 11.6 Å². The highest BCUT2D eigenvalue weighted by Crippen LogP contribution is 2.38. The maximum atomic E-state index is 13.8. The fourth-order valence-electron chi connectivity index (χ4n) is 3.59. The molecule has 0 bridgehead atoms. The van der Waals surface area contributed by atoms with Crippen molar-refractivity contribution in [2.45, 2.75) is 24.8 Å². The Morgan fingerprint density at radius 1 is 0.828 bits per heavy atom. The first-order valence-electron chi connectivity index (χ1n) is 9.93. The Balaban J connectivity index is 2.18. The second-order valence-corrected chi connectivity index (χ2v) is 7.60. The van der Waals surface area contributed by atoms with E-state index >= 15 is 0 Å². The molecule has 3 aromatic carbocycles. The molecule has 0 unspecified atom stereocenters. The Bertz CT molecular complexity index is 943. The molecule has 146 valence electrons. The summed E-state index contributed by atoms with van der Waals surface area (Å²) >= 11 is 0. The lowest BCUT2D eigenvalue weighted by molar-refractivity contribution is -0.118. The molecule has 1 atom stereocenters. The predicted octanol–water partition coefficient (Wildman–Crippen LogP) is 4.93. The molecule has 2 nitrogen and oxygen atoms in total. The van der Waals surface area contributed by atoms with Gasteiger partial charge in [0.15, 0.2) is 0 Å². The Kier molecular flexibility index (Phi) is 6.65. The summed E-state index contributed by atoms with van der Waals surface area (Å²) in [7, 11) is 4.09. The van der Waals surface area contributed by atoms with Crippen molar-refractivity contribution in [2.75, 3.05) is 14.1 Å². The standard InChI is InChI=1S/C27H27NO/c1-22(28(2)3)21-27(24-15-9-5-10-16-24,25-17-11-6-12-18-25)26(29)20-19-23-13-7-4-8-14-23/h4-18,22H,21H2,1-3H3/t22-/m0/s1. The Hall–Kier alpha value is -3.15. The van der Waals surface area contributed by atoms with E-state index in [4.69, 9.17) is 0 Å². The van der Waals surface area contributed by atoms with Crippen molar-refractivity contribution in [3.8, 4) is 11.8 Å². The fraction of sp³-hybridized carbons (Fsp3) is 0.222. The van der Waals surface area contributed by atoms with E-state index in [1.54, 1.807) is 0 Å². The lowest BCUT2D eigenvalue weighted by Gasteiger charge is -2.36. The minimum atomic E-state index is -0.825. The molecule has 0 aliphatic rings. The van der Waals surface area contributed by atoms with Gasteiger partial charge in [0.2, 0.25) is 5.78 Å². The molecule has 0 saturated heterocycles. The van der Waals surface area contributed by atoms with Gasteiger partial charge in [0.1, 0.15) is 0 Å². The summed E-state index contributed by atoms with van der Waals surface area (Å²) in [6.07, 6.45) is 0.649. The van der Waals surface area contributed by atoms with Crippen LogP contribution in [-0.2, 0) is 10.2 Å². The summed E-state index contributed by atoms with van der Waals surface area (Å²) in [6, 6.07) is 29.9. The van der Waals surface area contributed by atoms with Crippen LogP contribution in [-0.4, -0.2) is 30.8 Å². The van der Waals surface area contributed by atoms with E-state index in [9.17, 15) is 4.79 Å².